The number of hydrogen-bond acceptors (Lipinski definition) is 4. The second-order valence-corrected chi connectivity index (χ2v) is 4.75. The van der Waals surface area contributed by atoms with Gasteiger partial charge in [-0.1, -0.05) is 41.6 Å². The van der Waals surface area contributed by atoms with Gasteiger partial charge in [-0.05, 0) is 30.2 Å². The van der Waals surface area contributed by atoms with Crippen LogP contribution in [-0.2, 0) is 6.42 Å². The molecule has 0 unspecified atom stereocenters. The van der Waals surface area contributed by atoms with Crippen LogP contribution in [0.2, 0.25) is 0 Å². The molecule has 0 aliphatic rings. The quantitative estimate of drug-likeness (QED) is 0.738. The van der Waals surface area contributed by atoms with Gasteiger partial charge in [0, 0.05) is 11.3 Å². The molecule has 3 aromatic rings. The maximum absolute atomic E-state index is 5.67. The average Bonchev–Trinajstić information content (AvgIpc) is 2.90. The Morgan fingerprint density at radius 3 is 2.55 bits per heavy atom. The monoisotopic (exact) mass is 265 g/mol. The lowest BCUT2D eigenvalue weighted by molar-refractivity contribution is 0.385. The van der Waals surface area contributed by atoms with Crippen molar-refractivity contribution >= 4 is 5.69 Å². The summed E-state index contributed by atoms with van der Waals surface area (Å²) in [5.41, 5.74) is 9.64. The molecule has 2 aromatic carbocycles. The minimum Gasteiger partial charge on any atom is -0.399 e. The largest absolute Gasteiger partial charge is 0.399 e. The van der Waals surface area contributed by atoms with E-state index in [1.807, 2.05) is 55.5 Å². The van der Waals surface area contributed by atoms with Gasteiger partial charge in [0.2, 0.25) is 11.7 Å². The van der Waals surface area contributed by atoms with Crippen LogP contribution in [0.3, 0.4) is 0 Å². The highest BCUT2D eigenvalue weighted by Gasteiger charge is 2.10. The first-order valence-electron chi connectivity index (χ1n) is 6.45. The molecule has 0 aliphatic heterocycles. The van der Waals surface area contributed by atoms with Gasteiger partial charge >= 0.3 is 0 Å². The lowest BCUT2D eigenvalue weighted by Crippen LogP contribution is -1.90. The van der Waals surface area contributed by atoms with Crippen molar-refractivity contribution in [3.63, 3.8) is 0 Å². The maximum Gasteiger partial charge on any atom is 0.231 e. The van der Waals surface area contributed by atoms with E-state index in [0.717, 1.165) is 22.4 Å². The minimum absolute atomic E-state index is 0.605. The van der Waals surface area contributed by atoms with E-state index < -0.39 is 0 Å². The topological polar surface area (TPSA) is 64.9 Å². The number of benzene rings is 2. The summed E-state index contributed by atoms with van der Waals surface area (Å²) in [6.07, 6.45) is 0.610. The van der Waals surface area contributed by atoms with Gasteiger partial charge in [0.15, 0.2) is 0 Å². The van der Waals surface area contributed by atoms with Crippen LogP contribution >= 0.6 is 0 Å². The molecule has 4 heteroatoms. The molecule has 0 amide bonds. The first kappa shape index (κ1) is 12.4. The Kier molecular flexibility index (Phi) is 3.21. The molecule has 100 valence electrons. The van der Waals surface area contributed by atoms with Gasteiger partial charge in [-0.25, -0.2) is 0 Å². The molecule has 0 bridgehead atoms. The van der Waals surface area contributed by atoms with Gasteiger partial charge in [0.05, 0.1) is 6.42 Å². The number of nitrogens with zero attached hydrogens (tertiary/aromatic N) is 2. The standard InChI is InChI=1S/C16H15N3O/c1-11-4-2-3-5-14(11)16-18-15(20-19-16)10-12-6-8-13(17)9-7-12/h2-9H,10,17H2,1H3. The summed E-state index contributed by atoms with van der Waals surface area (Å²) in [6, 6.07) is 15.7. The highest BCUT2D eigenvalue weighted by atomic mass is 16.5. The van der Waals surface area contributed by atoms with E-state index in [4.69, 9.17) is 10.3 Å². The third kappa shape index (κ3) is 2.54. The SMILES string of the molecule is Cc1ccccc1-c1noc(Cc2ccc(N)cc2)n1. The Labute approximate surface area is 117 Å². The zero-order valence-corrected chi connectivity index (χ0v) is 11.2. The molecule has 0 spiro atoms. The van der Waals surface area contributed by atoms with E-state index in [1.165, 1.54) is 0 Å². The Hall–Kier alpha value is -2.62. The Bertz CT molecular complexity index is 717. The summed E-state index contributed by atoms with van der Waals surface area (Å²) >= 11 is 0. The highest BCUT2D eigenvalue weighted by Crippen LogP contribution is 2.20. The first-order chi connectivity index (χ1) is 9.72. The van der Waals surface area contributed by atoms with Crippen LogP contribution in [0.5, 0.6) is 0 Å². The summed E-state index contributed by atoms with van der Waals surface area (Å²) in [5, 5.41) is 4.05. The van der Waals surface area contributed by atoms with Crippen LogP contribution in [-0.4, -0.2) is 10.1 Å². The maximum atomic E-state index is 5.67. The highest BCUT2D eigenvalue weighted by molar-refractivity contribution is 5.59. The summed E-state index contributed by atoms with van der Waals surface area (Å²) in [4.78, 5) is 4.45. The molecule has 2 N–H and O–H groups in total. The van der Waals surface area contributed by atoms with Gasteiger partial charge in [0.1, 0.15) is 0 Å². The van der Waals surface area contributed by atoms with Crippen LogP contribution in [0.4, 0.5) is 5.69 Å². The number of anilines is 1. The van der Waals surface area contributed by atoms with Crippen molar-refractivity contribution in [2.24, 2.45) is 0 Å². The third-order valence-corrected chi connectivity index (χ3v) is 3.19. The lowest BCUT2D eigenvalue weighted by Gasteiger charge is -1.98. The summed E-state index contributed by atoms with van der Waals surface area (Å²) in [6.45, 7) is 2.03. The number of nitrogen functional groups attached to an aromatic ring is 1. The van der Waals surface area contributed by atoms with Gasteiger partial charge in [-0.15, -0.1) is 0 Å². The third-order valence-electron chi connectivity index (χ3n) is 3.19. The van der Waals surface area contributed by atoms with Crippen LogP contribution in [0.1, 0.15) is 17.0 Å². The molecule has 1 aromatic heterocycles. The van der Waals surface area contributed by atoms with Crippen molar-refractivity contribution in [2.75, 3.05) is 5.73 Å². The predicted octanol–water partition coefficient (Wildman–Crippen LogP) is 3.22. The molecule has 20 heavy (non-hydrogen) atoms. The average molecular weight is 265 g/mol. The van der Waals surface area contributed by atoms with Crippen molar-refractivity contribution in [3.05, 3.63) is 65.5 Å². The zero-order valence-electron chi connectivity index (χ0n) is 11.2. The second-order valence-electron chi connectivity index (χ2n) is 4.75. The van der Waals surface area contributed by atoms with Crippen molar-refractivity contribution in [1.82, 2.24) is 10.1 Å². The Morgan fingerprint density at radius 2 is 1.80 bits per heavy atom. The smallest absolute Gasteiger partial charge is 0.231 e. The molecule has 0 fully saturated rings. The normalized spacial score (nSPS) is 10.7. The van der Waals surface area contributed by atoms with E-state index in [-0.39, 0.29) is 0 Å². The van der Waals surface area contributed by atoms with Crippen molar-refractivity contribution in [3.8, 4) is 11.4 Å². The molecule has 0 saturated carbocycles. The molecule has 1 heterocycles. The molecular weight excluding hydrogens is 250 g/mol. The fraction of sp³-hybridized carbons (Fsp3) is 0.125. The van der Waals surface area contributed by atoms with E-state index in [2.05, 4.69) is 10.1 Å². The summed E-state index contributed by atoms with van der Waals surface area (Å²) < 4.78 is 5.32. The number of hydrogen-bond donors (Lipinski definition) is 1. The number of aromatic nitrogens is 2. The van der Waals surface area contributed by atoms with E-state index in [9.17, 15) is 0 Å². The second kappa shape index (κ2) is 5.17. The Morgan fingerprint density at radius 1 is 1.05 bits per heavy atom. The zero-order chi connectivity index (χ0) is 13.9. The molecule has 4 nitrogen and oxygen atoms in total. The molecular formula is C16H15N3O. The van der Waals surface area contributed by atoms with Crippen LogP contribution in [0, 0.1) is 6.92 Å². The fourth-order valence-corrected chi connectivity index (χ4v) is 2.07. The number of aryl methyl sites for hydroxylation is 1. The predicted molar refractivity (Wildman–Crippen MR) is 78.1 cm³/mol. The number of nitrogens with two attached hydrogens (primary N) is 1. The van der Waals surface area contributed by atoms with Crippen molar-refractivity contribution < 1.29 is 4.52 Å². The summed E-state index contributed by atoms with van der Waals surface area (Å²) in [7, 11) is 0. The van der Waals surface area contributed by atoms with Crippen LogP contribution < -0.4 is 5.73 Å². The van der Waals surface area contributed by atoms with Gasteiger partial charge in [-0.2, -0.15) is 4.98 Å². The van der Waals surface area contributed by atoms with E-state index in [1.54, 1.807) is 0 Å². The number of rotatable bonds is 3. The molecule has 0 saturated heterocycles. The molecule has 0 radical (unpaired) electrons. The summed E-state index contributed by atoms with van der Waals surface area (Å²) in [5.74, 6) is 1.24. The van der Waals surface area contributed by atoms with Crippen LogP contribution in [0.15, 0.2) is 53.1 Å². The molecule has 3 rings (SSSR count). The molecule has 0 atom stereocenters. The van der Waals surface area contributed by atoms with Crippen molar-refractivity contribution in [1.29, 1.82) is 0 Å². The molecule has 0 aliphatic carbocycles. The van der Waals surface area contributed by atoms with Gasteiger partial charge < -0.3 is 10.3 Å². The van der Waals surface area contributed by atoms with Crippen LogP contribution in [0.25, 0.3) is 11.4 Å². The van der Waals surface area contributed by atoms with Gasteiger partial charge in [-0.3, -0.25) is 0 Å². The van der Waals surface area contributed by atoms with Gasteiger partial charge in [0.25, 0.3) is 0 Å². The van der Waals surface area contributed by atoms with E-state index >= 15 is 0 Å². The van der Waals surface area contributed by atoms with Crippen molar-refractivity contribution in [2.45, 2.75) is 13.3 Å². The fourth-order valence-electron chi connectivity index (χ4n) is 2.07. The Balaban J connectivity index is 1.84. The van der Waals surface area contributed by atoms with E-state index in [0.29, 0.717) is 18.1 Å². The first-order valence-corrected chi connectivity index (χ1v) is 6.45. The minimum atomic E-state index is 0.605. The lowest BCUT2D eigenvalue weighted by atomic mass is 10.1.